The molecule has 0 aliphatic rings. The fourth-order valence-corrected chi connectivity index (χ4v) is 3.97. The van der Waals surface area contributed by atoms with E-state index in [-0.39, 0.29) is 0 Å². The van der Waals surface area contributed by atoms with E-state index in [0.717, 1.165) is 42.3 Å². The first-order valence-electron chi connectivity index (χ1n) is 13.1. The molecule has 0 aliphatic heterocycles. The Labute approximate surface area is 242 Å². The summed E-state index contributed by atoms with van der Waals surface area (Å²) in [6.45, 7) is 14.8. The van der Waals surface area contributed by atoms with Crippen molar-refractivity contribution in [1.82, 2.24) is 9.55 Å². The van der Waals surface area contributed by atoms with E-state index < -0.39 is 0 Å². The molecule has 3 rings (SSSR count). The SMILES string of the molecule is C=C/C=C\C=C/Cc1c(/C=C/C=C\C=C)nc(C)n1CCCOc1ccc(NC(=C)Oc2ccc(Cl)cc2)cc1. The number of anilines is 1. The first kappa shape index (κ1) is 30.1. The predicted molar refractivity (Wildman–Crippen MR) is 169 cm³/mol. The number of hydrogen-bond acceptors (Lipinski definition) is 4. The molecule has 0 amide bonds. The zero-order valence-electron chi connectivity index (χ0n) is 22.9. The van der Waals surface area contributed by atoms with E-state index in [1.165, 1.54) is 5.69 Å². The van der Waals surface area contributed by atoms with Gasteiger partial charge in [0.2, 0.25) is 0 Å². The molecule has 0 atom stereocenters. The van der Waals surface area contributed by atoms with E-state index in [9.17, 15) is 0 Å². The zero-order valence-corrected chi connectivity index (χ0v) is 23.7. The van der Waals surface area contributed by atoms with Crippen LogP contribution in [0.2, 0.25) is 5.02 Å². The van der Waals surface area contributed by atoms with E-state index in [2.05, 4.69) is 35.7 Å². The van der Waals surface area contributed by atoms with Gasteiger partial charge in [-0.25, -0.2) is 4.98 Å². The summed E-state index contributed by atoms with van der Waals surface area (Å²) in [5, 5.41) is 3.79. The minimum absolute atomic E-state index is 0.417. The largest absolute Gasteiger partial charge is 0.494 e. The summed E-state index contributed by atoms with van der Waals surface area (Å²) >= 11 is 5.92. The van der Waals surface area contributed by atoms with Gasteiger partial charge in [-0.1, -0.05) is 79.4 Å². The van der Waals surface area contributed by atoms with Crippen molar-refractivity contribution in [3.05, 3.63) is 151 Å². The number of halogens is 1. The highest BCUT2D eigenvalue weighted by Gasteiger charge is 2.11. The predicted octanol–water partition coefficient (Wildman–Crippen LogP) is 8.87. The van der Waals surface area contributed by atoms with E-state index in [4.69, 9.17) is 26.1 Å². The van der Waals surface area contributed by atoms with Gasteiger partial charge in [0.15, 0.2) is 5.88 Å². The number of rotatable bonds is 16. The first-order valence-corrected chi connectivity index (χ1v) is 13.5. The summed E-state index contributed by atoms with van der Waals surface area (Å²) in [6.07, 6.45) is 21.0. The molecular formula is C34H36ClN3O2. The maximum absolute atomic E-state index is 6.01. The third-order valence-corrected chi connectivity index (χ3v) is 5.95. The van der Waals surface area contributed by atoms with E-state index in [1.54, 1.807) is 36.4 Å². The van der Waals surface area contributed by atoms with Crippen LogP contribution >= 0.6 is 11.6 Å². The van der Waals surface area contributed by atoms with E-state index in [0.29, 0.717) is 23.3 Å². The van der Waals surface area contributed by atoms with E-state index >= 15 is 0 Å². The van der Waals surface area contributed by atoms with Crippen molar-refractivity contribution in [2.75, 3.05) is 11.9 Å². The van der Waals surface area contributed by atoms with Gasteiger partial charge in [-0.2, -0.15) is 0 Å². The maximum Gasteiger partial charge on any atom is 0.190 e. The monoisotopic (exact) mass is 553 g/mol. The standard InChI is InChI=1S/C34H36ClN3O2/c1-5-7-9-11-13-16-34-33(15-12-10-8-6-2)36-27(3)38(34)25-14-26-39-31-23-19-30(20-24-31)37-28(4)40-32-21-17-29(35)18-22-32/h5-13,15,17-24,37H,1-2,4,14,16,25-26H2,3H3/b9-7-,10-8-,13-11-,15-12+. The van der Waals surface area contributed by atoms with Gasteiger partial charge < -0.3 is 19.4 Å². The molecule has 0 spiro atoms. The van der Waals surface area contributed by atoms with Crippen LogP contribution in [-0.2, 0) is 13.0 Å². The van der Waals surface area contributed by atoms with Gasteiger partial charge in [0.25, 0.3) is 0 Å². The smallest absolute Gasteiger partial charge is 0.190 e. The Kier molecular flexibility index (Phi) is 12.4. The summed E-state index contributed by atoms with van der Waals surface area (Å²) in [6, 6.07) is 14.8. The number of nitrogens with one attached hydrogen (secondary N) is 1. The van der Waals surface area contributed by atoms with Crippen molar-refractivity contribution in [3.63, 3.8) is 0 Å². The van der Waals surface area contributed by atoms with Gasteiger partial charge in [-0.05, 0) is 74.5 Å². The van der Waals surface area contributed by atoms with Gasteiger partial charge in [0, 0.05) is 29.4 Å². The minimum atomic E-state index is 0.417. The number of hydrogen-bond donors (Lipinski definition) is 1. The molecular weight excluding hydrogens is 518 g/mol. The lowest BCUT2D eigenvalue weighted by Crippen LogP contribution is -2.09. The number of aryl methyl sites for hydroxylation is 1. The molecule has 1 aromatic heterocycles. The lowest BCUT2D eigenvalue weighted by molar-refractivity contribution is 0.300. The van der Waals surface area contributed by atoms with Crippen molar-refractivity contribution in [3.8, 4) is 11.5 Å². The Bertz CT molecular complexity index is 1380. The molecule has 5 nitrogen and oxygen atoms in total. The number of nitrogens with zero attached hydrogens (tertiary/aromatic N) is 2. The molecule has 0 fully saturated rings. The summed E-state index contributed by atoms with van der Waals surface area (Å²) in [5.41, 5.74) is 2.99. The van der Waals surface area contributed by atoms with Crippen LogP contribution in [0.4, 0.5) is 5.69 Å². The molecule has 40 heavy (non-hydrogen) atoms. The molecule has 0 radical (unpaired) electrons. The fourth-order valence-electron chi connectivity index (χ4n) is 3.85. The molecule has 0 unspecified atom stereocenters. The molecule has 0 bridgehead atoms. The third-order valence-electron chi connectivity index (χ3n) is 5.70. The first-order chi connectivity index (χ1) is 19.5. The summed E-state index contributed by atoms with van der Waals surface area (Å²) in [5.74, 6) is 2.85. The van der Waals surface area contributed by atoms with Gasteiger partial charge in [0.05, 0.1) is 12.3 Å². The summed E-state index contributed by atoms with van der Waals surface area (Å²) in [4.78, 5) is 4.80. The van der Waals surface area contributed by atoms with Crippen LogP contribution in [0.5, 0.6) is 11.5 Å². The Morgan fingerprint density at radius 3 is 2.30 bits per heavy atom. The Morgan fingerprint density at radius 2 is 1.60 bits per heavy atom. The van der Waals surface area contributed by atoms with Crippen LogP contribution in [0.3, 0.4) is 0 Å². The number of imidazole rings is 1. The Balaban J connectivity index is 1.54. The van der Waals surface area contributed by atoms with Crippen LogP contribution in [-0.4, -0.2) is 16.2 Å². The molecule has 2 aromatic carbocycles. The Hall–Kier alpha value is -4.48. The topological polar surface area (TPSA) is 48.3 Å². The second-order valence-corrected chi connectivity index (χ2v) is 9.14. The molecule has 6 heteroatoms. The third kappa shape index (κ3) is 10.0. The van der Waals surface area contributed by atoms with Crippen LogP contribution in [0.1, 0.15) is 23.6 Å². The molecule has 1 N–H and O–H groups in total. The van der Waals surface area contributed by atoms with E-state index in [1.807, 2.05) is 73.7 Å². The summed E-state index contributed by atoms with van der Waals surface area (Å²) < 4.78 is 14.0. The molecule has 0 saturated carbocycles. The van der Waals surface area contributed by atoms with Crippen LogP contribution < -0.4 is 14.8 Å². The Morgan fingerprint density at radius 1 is 0.925 bits per heavy atom. The summed E-state index contributed by atoms with van der Waals surface area (Å²) in [7, 11) is 0. The molecule has 0 saturated heterocycles. The van der Waals surface area contributed by atoms with Crippen molar-refractivity contribution in [2.24, 2.45) is 0 Å². The number of benzene rings is 2. The lowest BCUT2D eigenvalue weighted by atomic mass is 10.2. The quantitative estimate of drug-likeness (QED) is 0.109. The second kappa shape index (κ2) is 16.5. The van der Waals surface area contributed by atoms with Crippen molar-refractivity contribution in [1.29, 1.82) is 0 Å². The van der Waals surface area contributed by atoms with Gasteiger partial charge in [-0.3, -0.25) is 0 Å². The molecule has 3 aromatic rings. The van der Waals surface area contributed by atoms with Gasteiger partial charge in [0.1, 0.15) is 17.3 Å². The van der Waals surface area contributed by atoms with Crippen molar-refractivity contribution >= 4 is 23.4 Å². The van der Waals surface area contributed by atoms with Gasteiger partial charge in [-0.15, -0.1) is 0 Å². The molecule has 206 valence electrons. The van der Waals surface area contributed by atoms with Crippen molar-refractivity contribution in [2.45, 2.75) is 26.3 Å². The van der Waals surface area contributed by atoms with Crippen molar-refractivity contribution < 1.29 is 9.47 Å². The number of allylic oxidation sites excluding steroid dienone is 9. The highest BCUT2D eigenvalue weighted by molar-refractivity contribution is 6.30. The number of ether oxygens (including phenoxy) is 2. The maximum atomic E-state index is 6.01. The minimum Gasteiger partial charge on any atom is -0.494 e. The molecule has 0 aliphatic carbocycles. The fraction of sp³-hybridized carbons (Fsp3) is 0.147. The van der Waals surface area contributed by atoms with Crippen LogP contribution in [0.15, 0.2) is 129 Å². The second-order valence-electron chi connectivity index (χ2n) is 8.71. The highest BCUT2D eigenvalue weighted by Crippen LogP contribution is 2.21. The zero-order chi connectivity index (χ0) is 28.6. The average Bonchev–Trinajstić information content (AvgIpc) is 3.24. The average molecular weight is 554 g/mol. The highest BCUT2D eigenvalue weighted by atomic mass is 35.5. The molecule has 1 heterocycles. The normalized spacial score (nSPS) is 11.6. The number of aromatic nitrogens is 2. The lowest BCUT2D eigenvalue weighted by Gasteiger charge is -2.13. The van der Waals surface area contributed by atoms with Crippen LogP contribution in [0.25, 0.3) is 6.08 Å². The van der Waals surface area contributed by atoms with Gasteiger partial charge >= 0.3 is 0 Å². The van der Waals surface area contributed by atoms with Crippen LogP contribution in [0, 0.1) is 6.92 Å².